The highest BCUT2D eigenvalue weighted by atomic mass is 16.5. The van der Waals surface area contributed by atoms with Gasteiger partial charge in [0.05, 0.1) is 12.2 Å². The molecule has 2 heterocycles. The van der Waals surface area contributed by atoms with E-state index < -0.39 is 0 Å². The van der Waals surface area contributed by atoms with Gasteiger partial charge in [-0.1, -0.05) is 46.8 Å². The number of nitrogens with zero attached hydrogens (tertiary/aromatic N) is 2. The van der Waals surface area contributed by atoms with Crippen LogP contribution in [0.3, 0.4) is 0 Å². The van der Waals surface area contributed by atoms with E-state index in [2.05, 4.69) is 114 Å². The molecule has 1 aliphatic carbocycles. The Kier molecular flexibility index (Phi) is 10.3. The Balaban J connectivity index is 1.16. The predicted molar refractivity (Wildman–Crippen MR) is 176 cm³/mol. The average Bonchev–Trinajstić information content (AvgIpc) is 3.24. The van der Waals surface area contributed by atoms with Crippen LogP contribution in [0.25, 0.3) is 0 Å². The zero-order valence-corrected chi connectivity index (χ0v) is 28.4. The van der Waals surface area contributed by atoms with Crippen molar-refractivity contribution in [3.63, 3.8) is 0 Å². The van der Waals surface area contributed by atoms with Crippen LogP contribution in [0, 0.1) is 10.8 Å². The number of ether oxygens (including phenoxy) is 1. The second-order valence-electron chi connectivity index (χ2n) is 17.5. The van der Waals surface area contributed by atoms with Gasteiger partial charge >= 0.3 is 0 Å². The lowest BCUT2D eigenvalue weighted by atomic mass is 9.75. The van der Waals surface area contributed by atoms with E-state index in [1.54, 1.807) is 0 Å². The Labute approximate surface area is 253 Å². The third-order valence-corrected chi connectivity index (χ3v) is 9.04. The van der Waals surface area contributed by atoms with Gasteiger partial charge in [0.15, 0.2) is 0 Å². The lowest BCUT2D eigenvalue weighted by molar-refractivity contribution is -0.0891. The first-order chi connectivity index (χ1) is 18.9. The number of likely N-dealkylation sites (tertiary alicyclic amines) is 1. The van der Waals surface area contributed by atoms with Crippen molar-refractivity contribution < 1.29 is 4.74 Å². The first-order valence-corrected chi connectivity index (χ1v) is 16.7. The minimum absolute atomic E-state index is 0.113. The topological polar surface area (TPSA) is 39.8 Å². The number of anilines is 1. The molecular formula is C36H64N4O. The van der Waals surface area contributed by atoms with Crippen LogP contribution in [0.4, 0.5) is 5.69 Å². The molecule has 5 heteroatoms. The van der Waals surface area contributed by atoms with Crippen LogP contribution in [0.2, 0.25) is 0 Å². The van der Waals surface area contributed by atoms with E-state index in [-0.39, 0.29) is 16.5 Å². The summed E-state index contributed by atoms with van der Waals surface area (Å²) < 4.78 is 6.53. The Morgan fingerprint density at radius 2 is 1.39 bits per heavy atom. The maximum atomic E-state index is 6.53. The summed E-state index contributed by atoms with van der Waals surface area (Å²) >= 11 is 0. The van der Waals surface area contributed by atoms with E-state index in [0.29, 0.717) is 29.7 Å². The normalized spacial score (nSPS) is 25.5. The van der Waals surface area contributed by atoms with Gasteiger partial charge in [0.1, 0.15) is 0 Å². The van der Waals surface area contributed by atoms with Crippen molar-refractivity contribution in [2.24, 2.45) is 10.8 Å². The zero-order chi connectivity index (χ0) is 30.1. The van der Waals surface area contributed by atoms with E-state index in [1.807, 2.05) is 0 Å². The predicted octanol–water partition coefficient (Wildman–Crippen LogP) is 7.04. The Morgan fingerprint density at radius 1 is 0.756 bits per heavy atom. The monoisotopic (exact) mass is 569 g/mol. The second-order valence-corrected chi connectivity index (χ2v) is 17.5. The summed E-state index contributed by atoms with van der Waals surface area (Å²) in [5.41, 5.74) is 3.72. The highest BCUT2D eigenvalue weighted by Gasteiger charge is 2.38. The summed E-state index contributed by atoms with van der Waals surface area (Å²) in [6.45, 7) is 29.3. The molecule has 234 valence electrons. The summed E-state index contributed by atoms with van der Waals surface area (Å²) in [6, 6.07) is 10.6. The fourth-order valence-electron chi connectivity index (χ4n) is 7.91. The van der Waals surface area contributed by atoms with E-state index in [1.165, 1.54) is 50.1 Å². The third-order valence-electron chi connectivity index (χ3n) is 9.04. The first kappa shape index (κ1) is 32.8. The van der Waals surface area contributed by atoms with Crippen LogP contribution in [0.5, 0.6) is 0 Å². The van der Waals surface area contributed by atoms with Gasteiger partial charge in [-0.05, 0) is 108 Å². The molecule has 0 spiro atoms. The fourth-order valence-corrected chi connectivity index (χ4v) is 7.91. The van der Waals surface area contributed by atoms with Crippen molar-refractivity contribution in [1.82, 2.24) is 15.5 Å². The van der Waals surface area contributed by atoms with Crippen molar-refractivity contribution in [1.29, 1.82) is 0 Å². The molecule has 2 N–H and O–H groups in total. The molecule has 41 heavy (non-hydrogen) atoms. The highest BCUT2D eigenvalue weighted by Crippen LogP contribution is 2.35. The van der Waals surface area contributed by atoms with Crippen LogP contribution in [0.1, 0.15) is 113 Å². The van der Waals surface area contributed by atoms with Gasteiger partial charge in [-0.3, -0.25) is 0 Å². The molecule has 3 aliphatic rings. The van der Waals surface area contributed by atoms with Gasteiger partial charge in [-0.2, -0.15) is 0 Å². The van der Waals surface area contributed by atoms with Gasteiger partial charge in [0.2, 0.25) is 0 Å². The molecule has 2 aliphatic heterocycles. The largest absolute Gasteiger partial charge is 0.375 e. The highest BCUT2D eigenvalue weighted by molar-refractivity contribution is 5.49. The average molecular weight is 569 g/mol. The molecule has 4 rings (SSSR count). The second kappa shape index (κ2) is 12.8. The van der Waals surface area contributed by atoms with E-state index in [9.17, 15) is 0 Å². The van der Waals surface area contributed by atoms with Crippen LogP contribution >= 0.6 is 0 Å². The Bertz CT molecular complexity index is 943. The standard InChI is InChI=1S/C36H64N4O/c1-33(2,3)26-39-18-16-31(17-19-39)41-32-21-29(22-32)38-36(9,10)25-35(7,8)23-27-11-13-30(14-12-27)40-20-15-28(24-40)37-34(4,5)6/h11-14,28-29,31-32,37-38H,15-26H2,1-10H3/t28-,29?,32?/m0/s1. The molecule has 1 atom stereocenters. The molecule has 2 saturated heterocycles. The van der Waals surface area contributed by atoms with Crippen molar-refractivity contribution >= 4 is 5.69 Å². The summed E-state index contributed by atoms with van der Waals surface area (Å²) in [5, 5.41) is 7.78. The van der Waals surface area contributed by atoms with Crippen LogP contribution in [-0.4, -0.2) is 73.0 Å². The summed E-state index contributed by atoms with van der Waals surface area (Å²) in [4.78, 5) is 5.16. The number of piperidine rings is 1. The zero-order valence-electron chi connectivity index (χ0n) is 28.4. The molecule has 0 aromatic heterocycles. The molecule has 1 saturated carbocycles. The van der Waals surface area contributed by atoms with Crippen molar-refractivity contribution in [3.8, 4) is 0 Å². The van der Waals surface area contributed by atoms with Crippen LogP contribution in [-0.2, 0) is 11.2 Å². The molecule has 0 bridgehead atoms. The van der Waals surface area contributed by atoms with Gasteiger partial charge in [-0.25, -0.2) is 0 Å². The molecule has 0 radical (unpaired) electrons. The summed E-state index contributed by atoms with van der Waals surface area (Å²) in [6.07, 6.45) is 9.10. The van der Waals surface area contributed by atoms with Gasteiger partial charge < -0.3 is 25.2 Å². The SMILES string of the molecule is CC(C)(C)CN1CCC(OC2CC(NC(C)(C)CC(C)(C)Cc3ccc(N4CC[C@H](NC(C)(C)C)C4)cc3)C2)CC1. The number of hydrogen-bond acceptors (Lipinski definition) is 5. The van der Waals surface area contributed by atoms with Crippen molar-refractivity contribution in [2.75, 3.05) is 37.6 Å². The molecule has 5 nitrogen and oxygen atoms in total. The number of nitrogens with one attached hydrogen (secondary N) is 2. The number of hydrogen-bond donors (Lipinski definition) is 2. The molecular weight excluding hydrogens is 504 g/mol. The first-order valence-electron chi connectivity index (χ1n) is 16.7. The maximum Gasteiger partial charge on any atom is 0.0608 e. The number of benzene rings is 1. The Hall–Kier alpha value is -1.14. The van der Waals surface area contributed by atoms with E-state index in [4.69, 9.17) is 4.74 Å². The van der Waals surface area contributed by atoms with Gasteiger partial charge in [0, 0.05) is 61.6 Å². The molecule has 1 aromatic rings. The van der Waals surface area contributed by atoms with Crippen LogP contribution < -0.4 is 15.5 Å². The molecule has 0 unspecified atom stereocenters. The van der Waals surface area contributed by atoms with Crippen molar-refractivity contribution in [3.05, 3.63) is 29.8 Å². The Morgan fingerprint density at radius 3 is 1.98 bits per heavy atom. The number of rotatable bonds is 11. The lowest BCUT2D eigenvalue weighted by Gasteiger charge is -2.45. The minimum Gasteiger partial charge on any atom is -0.375 e. The third kappa shape index (κ3) is 10.8. The lowest BCUT2D eigenvalue weighted by Crippen LogP contribution is -2.55. The van der Waals surface area contributed by atoms with Crippen molar-refractivity contribution in [2.45, 2.75) is 150 Å². The molecule has 0 amide bonds. The minimum atomic E-state index is 0.113. The van der Waals surface area contributed by atoms with E-state index >= 15 is 0 Å². The quantitative estimate of drug-likeness (QED) is 0.300. The maximum absolute atomic E-state index is 6.53. The van der Waals surface area contributed by atoms with Gasteiger partial charge in [-0.15, -0.1) is 0 Å². The van der Waals surface area contributed by atoms with Crippen LogP contribution in [0.15, 0.2) is 24.3 Å². The van der Waals surface area contributed by atoms with E-state index in [0.717, 1.165) is 38.8 Å². The smallest absolute Gasteiger partial charge is 0.0608 e. The molecule has 3 fully saturated rings. The van der Waals surface area contributed by atoms with Gasteiger partial charge in [0.25, 0.3) is 0 Å². The fraction of sp³-hybridized carbons (Fsp3) is 0.833. The summed E-state index contributed by atoms with van der Waals surface area (Å²) in [5.74, 6) is 0. The molecule has 1 aromatic carbocycles. The summed E-state index contributed by atoms with van der Waals surface area (Å²) in [7, 11) is 0.